The Balaban J connectivity index is 2.51. The largest absolute Gasteiger partial charge is 0.480 e. The van der Waals surface area contributed by atoms with E-state index in [4.69, 9.17) is 16.6 Å². The molecule has 0 saturated heterocycles. The second-order valence-corrected chi connectivity index (χ2v) is 5.33. The van der Waals surface area contributed by atoms with E-state index in [0.29, 0.717) is 0 Å². The Morgan fingerprint density at radius 2 is 1.80 bits per heavy atom. The van der Waals surface area contributed by atoms with E-state index < -0.39 is 29.9 Å². The molecule has 0 aliphatic heterocycles. The van der Waals surface area contributed by atoms with Crippen LogP contribution in [0.5, 0.6) is 0 Å². The fraction of sp³-hybridized carbons (Fsp3) is 0.769. The number of carboxylic acid groups (broad SMARTS) is 1. The molecule has 0 bridgehead atoms. The number of carboxylic acids is 1. The summed E-state index contributed by atoms with van der Waals surface area (Å²) in [6, 6.07) is -1.81. The van der Waals surface area contributed by atoms with Crippen LogP contribution in [0.25, 0.3) is 0 Å². The van der Waals surface area contributed by atoms with Crippen molar-refractivity contribution in [3.8, 4) is 0 Å². The summed E-state index contributed by atoms with van der Waals surface area (Å²) in [5.74, 6) is -2.14. The molecule has 0 spiro atoms. The third kappa shape index (κ3) is 5.16. The number of carbonyl (C=O) groups excluding carboxylic acids is 2. The molecule has 1 aliphatic rings. The van der Waals surface area contributed by atoms with E-state index in [1.807, 2.05) is 0 Å². The van der Waals surface area contributed by atoms with Crippen molar-refractivity contribution in [3.63, 3.8) is 0 Å². The van der Waals surface area contributed by atoms with Crippen molar-refractivity contribution in [2.45, 2.75) is 57.0 Å². The van der Waals surface area contributed by atoms with Gasteiger partial charge in [-0.2, -0.15) is 0 Å². The minimum atomic E-state index is -1.18. The molecular formula is C13H23N3O4. The Hall–Kier alpha value is -1.63. The van der Waals surface area contributed by atoms with Crippen molar-refractivity contribution in [1.82, 2.24) is 5.32 Å². The Bertz CT molecular complexity index is 367. The molecule has 2 amide bonds. The number of primary amides is 1. The zero-order valence-corrected chi connectivity index (χ0v) is 11.5. The average Bonchev–Trinajstić information content (AvgIpc) is 2.42. The first-order chi connectivity index (χ1) is 9.41. The molecule has 6 N–H and O–H groups in total. The predicted molar refractivity (Wildman–Crippen MR) is 72.5 cm³/mol. The first-order valence-electron chi connectivity index (χ1n) is 6.99. The van der Waals surface area contributed by atoms with Gasteiger partial charge in [-0.15, -0.1) is 0 Å². The van der Waals surface area contributed by atoms with Crippen molar-refractivity contribution >= 4 is 17.8 Å². The lowest BCUT2D eigenvalue weighted by molar-refractivity contribution is -0.142. The van der Waals surface area contributed by atoms with Crippen molar-refractivity contribution < 1.29 is 19.5 Å². The highest BCUT2D eigenvalue weighted by atomic mass is 16.4. The van der Waals surface area contributed by atoms with Gasteiger partial charge in [0.1, 0.15) is 6.04 Å². The van der Waals surface area contributed by atoms with Crippen LogP contribution in [0.4, 0.5) is 0 Å². The molecule has 0 aromatic carbocycles. The fourth-order valence-corrected chi connectivity index (χ4v) is 2.52. The standard InChI is InChI=1S/C13H23N3O4/c14-10(17)7-6-9(13(19)20)16-12(18)11(15)8-4-2-1-3-5-8/h8-9,11H,1-7,15H2,(H2,14,17)(H,16,18)(H,19,20)/t9-,11+/m0/s1. The van der Waals surface area contributed by atoms with Gasteiger partial charge in [0.15, 0.2) is 0 Å². The van der Waals surface area contributed by atoms with Crippen molar-refractivity contribution in [2.24, 2.45) is 17.4 Å². The van der Waals surface area contributed by atoms with Gasteiger partial charge in [-0.05, 0) is 25.2 Å². The predicted octanol–water partition coefficient (Wildman–Crippen LogP) is -0.271. The maximum atomic E-state index is 12.0. The summed E-state index contributed by atoms with van der Waals surface area (Å²) in [6.07, 6.45) is 4.94. The summed E-state index contributed by atoms with van der Waals surface area (Å²) in [7, 11) is 0. The second kappa shape index (κ2) is 7.84. The Kier molecular flexibility index (Phi) is 6.44. The van der Waals surface area contributed by atoms with Gasteiger partial charge in [-0.1, -0.05) is 19.3 Å². The average molecular weight is 285 g/mol. The third-order valence-electron chi connectivity index (χ3n) is 3.75. The molecule has 1 aliphatic carbocycles. The highest BCUT2D eigenvalue weighted by Gasteiger charge is 2.29. The van der Waals surface area contributed by atoms with Crippen LogP contribution in [-0.2, 0) is 14.4 Å². The van der Waals surface area contributed by atoms with E-state index in [2.05, 4.69) is 5.32 Å². The molecule has 0 aromatic rings. The summed E-state index contributed by atoms with van der Waals surface area (Å²) >= 11 is 0. The van der Waals surface area contributed by atoms with Crippen LogP contribution in [0, 0.1) is 5.92 Å². The number of aliphatic carboxylic acids is 1. The van der Waals surface area contributed by atoms with E-state index >= 15 is 0 Å². The maximum Gasteiger partial charge on any atom is 0.326 e. The molecule has 1 saturated carbocycles. The highest BCUT2D eigenvalue weighted by Crippen LogP contribution is 2.25. The number of rotatable bonds is 7. The minimum Gasteiger partial charge on any atom is -0.480 e. The second-order valence-electron chi connectivity index (χ2n) is 5.33. The number of nitrogens with two attached hydrogens (primary N) is 2. The fourth-order valence-electron chi connectivity index (χ4n) is 2.52. The quantitative estimate of drug-likeness (QED) is 0.510. The van der Waals surface area contributed by atoms with Gasteiger partial charge in [0.25, 0.3) is 0 Å². The molecule has 0 heterocycles. The Labute approximate surface area is 118 Å². The van der Waals surface area contributed by atoms with E-state index in [-0.39, 0.29) is 18.8 Å². The normalized spacial score (nSPS) is 19.1. The smallest absolute Gasteiger partial charge is 0.326 e. The lowest BCUT2D eigenvalue weighted by Crippen LogP contribution is -2.51. The van der Waals surface area contributed by atoms with Crippen LogP contribution in [0.15, 0.2) is 0 Å². The topological polar surface area (TPSA) is 136 Å². The molecule has 1 rings (SSSR count). The van der Waals surface area contributed by atoms with Crippen molar-refractivity contribution in [2.75, 3.05) is 0 Å². The van der Waals surface area contributed by atoms with Crippen LogP contribution >= 0.6 is 0 Å². The summed E-state index contributed by atoms with van der Waals surface area (Å²) < 4.78 is 0. The first kappa shape index (κ1) is 16.4. The van der Waals surface area contributed by atoms with E-state index in [0.717, 1.165) is 32.1 Å². The first-order valence-corrected chi connectivity index (χ1v) is 6.99. The molecular weight excluding hydrogens is 262 g/mol. The number of hydrogen-bond donors (Lipinski definition) is 4. The third-order valence-corrected chi connectivity index (χ3v) is 3.75. The van der Waals surface area contributed by atoms with Crippen molar-refractivity contribution in [1.29, 1.82) is 0 Å². The van der Waals surface area contributed by atoms with Gasteiger partial charge in [-0.3, -0.25) is 9.59 Å². The Morgan fingerprint density at radius 3 is 2.30 bits per heavy atom. The number of amides is 2. The molecule has 0 unspecified atom stereocenters. The molecule has 20 heavy (non-hydrogen) atoms. The van der Waals surface area contributed by atoms with Crippen LogP contribution in [-0.4, -0.2) is 35.0 Å². The monoisotopic (exact) mass is 285 g/mol. The lowest BCUT2D eigenvalue weighted by Gasteiger charge is -2.27. The van der Waals surface area contributed by atoms with E-state index in [1.165, 1.54) is 0 Å². The van der Waals surface area contributed by atoms with Gasteiger partial charge < -0.3 is 21.9 Å². The van der Waals surface area contributed by atoms with Gasteiger partial charge >= 0.3 is 5.97 Å². The summed E-state index contributed by atoms with van der Waals surface area (Å²) in [5, 5.41) is 11.4. The zero-order chi connectivity index (χ0) is 15.1. The summed E-state index contributed by atoms with van der Waals surface area (Å²) in [5.41, 5.74) is 10.9. The Morgan fingerprint density at radius 1 is 1.20 bits per heavy atom. The zero-order valence-electron chi connectivity index (χ0n) is 11.5. The summed E-state index contributed by atoms with van der Waals surface area (Å²) in [6.45, 7) is 0. The van der Waals surface area contributed by atoms with Crippen molar-refractivity contribution in [3.05, 3.63) is 0 Å². The van der Waals surface area contributed by atoms with Gasteiger partial charge in [0, 0.05) is 6.42 Å². The number of carbonyl (C=O) groups is 3. The molecule has 7 nitrogen and oxygen atoms in total. The lowest BCUT2D eigenvalue weighted by atomic mass is 9.84. The van der Waals surface area contributed by atoms with Gasteiger partial charge in [0.05, 0.1) is 6.04 Å². The van der Waals surface area contributed by atoms with Crippen LogP contribution in [0.1, 0.15) is 44.9 Å². The molecule has 114 valence electrons. The number of nitrogens with one attached hydrogen (secondary N) is 1. The van der Waals surface area contributed by atoms with Crippen LogP contribution in [0.2, 0.25) is 0 Å². The SMILES string of the molecule is NC(=O)CC[C@H](NC(=O)[C@H](N)C1CCCCC1)C(=O)O. The van der Waals surface area contributed by atoms with Crippen LogP contribution < -0.4 is 16.8 Å². The van der Waals surface area contributed by atoms with Gasteiger partial charge in [-0.25, -0.2) is 4.79 Å². The highest BCUT2D eigenvalue weighted by molar-refractivity contribution is 5.87. The van der Waals surface area contributed by atoms with E-state index in [9.17, 15) is 14.4 Å². The molecule has 0 radical (unpaired) electrons. The van der Waals surface area contributed by atoms with E-state index in [1.54, 1.807) is 0 Å². The molecule has 7 heteroatoms. The summed E-state index contributed by atoms with van der Waals surface area (Å²) in [4.78, 5) is 33.7. The maximum absolute atomic E-state index is 12.0. The van der Waals surface area contributed by atoms with Gasteiger partial charge in [0.2, 0.25) is 11.8 Å². The number of hydrogen-bond acceptors (Lipinski definition) is 4. The molecule has 2 atom stereocenters. The minimum absolute atomic E-state index is 0.0200. The molecule has 0 aromatic heterocycles. The molecule has 1 fully saturated rings. The van der Waals surface area contributed by atoms with Crippen LogP contribution in [0.3, 0.4) is 0 Å².